The topological polar surface area (TPSA) is 121 Å². The molecule has 0 atom stereocenters. The lowest BCUT2D eigenvalue weighted by molar-refractivity contribution is -0.270. The van der Waals surface area contributed by atoms with Crippen molar-refractivity contribution in [2.24, 2.45) is 0 Å². The minimum Gasteiger partial charge on any atom is -0.872 e. The average molecular weight is 314 g/mol. The Morgan fingerprint density at radius 2 is 1.17 bits per heavy atom. The van der Waals surface area contributed by atoms with Gasteiger partial charge in [-0.2, -0.15) is 0 Å². The van der Waals surface area contributed by atoms with Crippen LogP contribution in [0.25, 0.3) is 0 Å². The number of aryl methyl sites for hydroxylation is 2. The number of carbonyl (C=O) groups is 2. The van der Waals surface area contributed by atoms with Crippen LogP contribution in [0.15, 0.2) is 24.3 Å². The Hall–Kier alpha value is -3.02. The molecule has 0 aliphatic carbocycles. The molecule has 6 heteroatoms. The standard InChI is InChI=1S/C17H16O6/c1-8-3-10(6-12(14(8)18)16(20)21)5-11-4-9(2)15(19)13(7-11)17(22)23/h3-4,6-7,18-19H,5H2,1-2H3,(H,20,21)(H,22,23)/p-2. The highest BCUT2D eigenvalue weighted by molar-refractivity contribution is 5.92. The Balaban J connectivity index is 2.48. The maximum atomic E-state index is 11.8. The van der Waals surface area contributed by atoms with Gasteiger partial charge in [-0.25, -0.2) is 9.59 Å². The fourth-order valence-electron chi connectivity index (χ4n) is 2.45. The van der Waals surface area contributed by atoms with Gasteiger partial charge in [0.1, 0.15) is 0 Å². The summed E-state index contributed by atoms with van der Waals surface area (Å²) in [6.45, 7) is 3.04. The SMILES string of the molecule is Cc1cc(Cc2cc(C)c([O-])c(C(=O)O)c2)cc(C(=O)O)c1[O-]. The molecule has 0 bridgehead atoms. The lowest BCUT2D eigenvalue weighted by Crippen LogP contribution is -2.09. The molecule has 0 spiro atoms. The Morgan fingerprint density at radius 1 is 0.826 bits per heavy atom. The van der Waals surface area contributed by atoms with Crippen LogP contribution in [0, 0.1) is 13.8 Å². The monoisotopic (exact) mass is 314 g/mol. The zero-order valence-electron chi connectivity index (χ0n) is 12.5. The zero-order chi connectivity index (χ0) is 17.3. The predicted molar refractivity (Wildman–Crippen MR) is 78.0 cm³/mol. The van der Waals surface area contributed by atoms with E-state index in [1.165, 1.54) is 26.0 Å². The van der Waals surface area contributed by atoms with Crippen molar-refractivity contribution in [3.63, 3.8) is 0 Å². The number of hydrogen-bond donors (Lipinski definition) is 2. The molecule has 0 amide bonds. The first kappa shape index (κ1) is 16.4. The number of benzene rings is 2. The molecule has 23 heavy (non-hydrogen) atoms. The maximum Gasteiger partial charge on any atom is 0.335 e. The van der Waals surface area contributed by atoms with Gasteiger partial charge < -0.3 is 20.4 Å². The van der Waals surface area contributed by atoms with Crippen LogP contribution in [-0.4, -0.2) is 22.2 Å². The Bertz CT molecular complexity index is 740. The first-order valence-electron chi connectivity index (χ1n) is 6.78. The number of hydrogen-bond acceptors (Lipinski definition) is 4. The maximum absolute atomic E-state index is 11.8. The van der Waals surface area contributed by atoms with Crippen molar-refractivity contribution >= 4 is 11.9 Å². The van der Waals surface area contributed by atoms with Crippen LogP contribution in [0.2, 0.25) is 0 Å². The fourth-order valence-corrected chi connectivity index (χ4v) is 2.45. The second-order valence-electron chi connectivity index (χ2n) is 5.37. The summed E-state index contributed by atoms with van der Waals surface area (Å²) < 4.78 is 0. The van der Waals surface area contributed by atoms with Gasteiger partial charge >= 0.3 is 11.9 Å². The molecule has 2 N–H and O–H groups in total. The molecule has 0 radical (unpaired) electrons. The highest BCUT2D eigenvalue weighted by Gasteiger charge is 2.11. The summed E-state index contributed by atoms with van der Waals surface area (Å²) in [5, 5.41) is 41.6. The van der Waals surface area contributed by atoms with Crippen LogP contribution in [0.5, 0.6) is 11.5 Å². The first-order chi connectivity index (χ1) is 10.7. The number of carboxylic acid groups (broad SMARTS) is 2. The van der Waals surface area contributed by atoms with Gasteiger partial charge in [0.25, 0.3) is 0 Å². The highest BCUT2D eigenvalue weighted by Crippen LogP contribution is 2.26. The van der Waals surface area contributed by atoms with E-state index < -0.39 is 23.4 Å². The van der Waals surface area contributed by atoms with Gasteiger partial charge in [0, 0.05) is 0 Å². The minimum atomic E-state index is -1.31. The molecule has 2 aromatic carbocycles. The molecule has 0 saturated heterocycles. The smallest absolute Gasteiger partial charge is 0.335 e. The lowest BCUT2D eigenvalue weighted by atomic mass is 9.96. The van der Waals surface area contributed by atoms with Gasteiger partial charge in [-0.1, -0.05) is 34.8 Å². The molecule has 0 saturated carbocycles. The summed E-state index contributed by atoms with van der Waals surface area (Å²) in [6.07, 6.45) is 0.225. The molecule has 6 nitrogen and oxygen atoms in total. The van der Waals surface area contributed by atoms with Gasteiger partial charge in [0.05, 0.1) is 11.1 Å². The molecule has 120 valence electrons. The van der Waals surface area contributed by atoms with E-state index in [4.69, 9.17) is 10.2 Å². The molecule has 2 aromatic rings. The summed E-state index contributed by atoms with van der Waals surface area (Å²) in [5.41, 5.74) is 1.08. The summed E-state index contributed by atoms with van der Waals surface area (Å²) in [5.74, 6) is -3.70. The normalized spacial score (nSPS) is 10.5. The predicted octanol–water partition coefficient (Wildman–Crippen LogP) is 1.44. The summed E-state index contributed by atoms with van der Waals surface area (Å²) in [6, 6.07) is 5.68. The van der Waals surface area contributed by atoms with Crippen LogP contribution in [0.3, 0.4) is 0 Å². The van der Waals surface area contributed by atoms with Gasteiger partial charge in [0.2, 0.25) is 0 Å². The van der Waals surface area contributed by atoms with Crippen LogP contribution in [0.4, 0.5) is 0 Å². The summed E-state index contributed by atoms with van der Waals surface area (Å²) in [4.78, 5) is 22.2. The molecule has 0 aromatic heterocycles. The Labute approximate surface area is 132 Å². The van der Waals surface area contributed by atoms with Crippen molar-refractivity contribution in [2.45, 2.75) is 20.3 Å². The molecule has 0 heterocycles. The average Bonchev–Trinajstić information content (AvgIpc) is 2.45. The second-order valence-corrected chi connectivity index (χ2v) is 5.37. The van der Waals surface area contributed by atoms with Gasteiger partial charge in [-0.15, -0.1) is 0 Å². The van der Waals surface area contributed by atoms with Gasteiger partial charge in [-0.3, -0.25) is 0 Å². The van der Waals surface area contributed by atoms with E-state index in [0.717, 1.165) is 0 Å². The van der Waals surface area contributed by atoms with E-state index in [9.17, 15) is 19.8 Å². The lowest BCUT2D eigenvalue weighted by Gasteiger charge is -2.18. The van der Waals surface area contributed by atoms with Crippen LogP contribution >= 0.6 is 0 Å². The molecule has 0 aliphatic rings. The van der Waals surface area contributed by atoms with E-state index in [1.807, 2.05) is 0 Å². The molecule has 0 aliphatic heterocycles. The van der Waals surface area contributed by atoms with Crippen molar-refractivity contribution < 1.29 is 30.0 Å². The third-order valence-corrected chi connectivity index (χ3v) is 3.54. The fraction of sp³-hybridized carbons (Fsp3) is 0.176. The third-order valence-electron chi connectivity index (χ3n) is 3.54. The number of carboxylic acids is 2. The largest absolute Gasteiger partial charge is 0.872 e. The van der Waals surface area contributed by atoms with Crippen molar-refractivity contribution in [1.82, 2.24) is 0 Å². The van der Waals surface area contributed by atoms with Gasteiger partial charge in [0.15, 0.2) is 0 Å². The molecule has 0 unspecified atom stereocenters. The van der Waals surface area contributed by atoms with Gasteiger partial charge in [-0.05, 0) is 43.5 Å². The molecule has 2 rings (SSSR count). The van der Waals surface area contributed by atoms with Crippen molar-refractivity contribution in [3.8, 4) is 11.5 Å². The second kappa shape index (κ2) is 6.00. The van der Waals surface area contributed by atoms with Crippen molar-refractivity contribution in [1.29, 1.82) is 0 Å². The molecular formula is C17H14O6-2. The van der Waals surface area contributed by atoms with Crippen molar-refractivity contribution in [3.05, 3.63) is 57.6 Å². The first-order valence-corrected chi connectivity index (χ1v) is 6.78. The Morgan fingerprint density at radius 3 is 1.48 bits per heavy atom. The van der Waals surface area contributed by atoms with E-state index in [2.05, 4.69) is 0 Å². The van der Waals surface area contributed by atoms with E-state index >= 15 is 0 Å². The number of rotatable bonds is 4. The van der Waals surface area contributed by atoms with E-state index in [1.54, 1.807) is 12.1 Å². The molecule has 0 fully saturated rings. The van der Waals surface area contributed by atoms with Crippen LogP contribution < -0.4 is 10.2 Å². The highest BCUT2D eigenvalue weighted by atomic mass is 16.4. The summed E-state index contributed by atoms with van der Waals surface area (Å²) in [7, 11) is 0. The van der Waals surface area contributed by atoms with Crippen molar-refractivity contribution in [2.75, 3.05) is 0 Å². The Kier molecular flexibility index (Phi) is 4.27. The van der Waals surface area contributed by atoms with E-state index in [0.29, 0.717) is 22.3 Å². The van der Waals surface area contributed by atoms with E-state index in [-0.39, 0.29) is 17.5 Å². The van der Waals surface area contributed by atoms with Crippen LogP contribution in [0.1, 0.15) is 43.0 Å². The third kappa shape index (κ3) is 3.26. The summed E-state index contributed by atoms with van der Waals surface area (Å²) >= 11 is 0. The zero-order valence-corrected chi connectivity index (χ0v) is 12.5. The van der Waals surface area contributed by atoms with Crippen LogP contribution in [-0.2, 0) is 6.42 Å². The minimum absolute atomic E-state index is 0.225. The quantitative estimate of drug-likeness (QED) is 0.880. The molecular weight excluding hydrogens is 300 g/mol. The number of aromatic carboxylic acids is 2.